The summed E-state index contributed by atoms with van der Waals surface area (Å²) in [5.74, 6) is 0.859. The van der Waals surface area contributed by atoms with Gasteiger partial charge < -0.3 is 5.32 Å². The summed E-state index contributed by atoms with van der Waals surface area (Å²) in [6.45, 7) is 2.98. The fourth-order valence-electron chi connectivity index (χ4n) is 2.63. The van der Waals surface area contributed by atoms with Gasteiger partial charge in [0.25, 0.3) is 0 Å². The van der Waals surface area contributed by atoms with Crippen molar-refractivity contribution in [2.45, 2.75) is 39.0 Å². The normalized spacial score (nSPS) is 17.2. The fraction of sp³-hybridized carbons (Fsp3) is 0.471. The Hall–Kier alpha value is -1.57. The van der Waals surface area contributed by atoms with E-state index in [2.05, 4.69) is 5.32 Å². The van der Waals surface area contributed by atoms with Crippen molar-refractivity contribution < 1.29 is 4.79 Å². The van der Waals surface area contributed by atoms with E-state index < -0.39 is 0 Å². The minimum Gasteiger partial charge on any atom is -0.388 e. The lowest BCUT2D eigenvalue weighted by molar-refractivity contribution is 0.104. The van der Waals surface area contributed by atoms with E-state index in [1.165, 1.54) is 32.1 Å². The van der Waals surface area contributed by atoms with Crippen LogP contribution in [-0.4, -0.2) is 12.3 Å². The Bertz CT molecular complexity index is 430. The topological polar surface area (TPSA) is 29.1 Å². The highest BCUT2D eigenvalue weighted by Gasteiger charge is 2.12. The SMILES string of the molecule is CC(=CC(=O)c1ccccc1)NCC1CCCCC1. The summed E-state index contributed by atoms with van der Waals surface area (Å²) < 4.78 is 0. The van der Waals surface area contributed by atoms with Gasteiger partial charge in [-0.2, -0.15) is 0 Å². The van der Waals surface area contributed by atoms with Crippen molar-refractivity contribution in [2.75, 3.05) is 6.54 Å². The predicted molar refractivity (Wildman–Crippen MR) is 79.1 cm³/mol. The van der Waals surface area contributed by atoms with Crippen molar-refractivity contribution in [2.24, 2.45) is 5.92 Å². The number of benzene rings is 1. The molecule has 2 heteroatoms. The molecule has 102 valence electrons. The van der Waals surface area contributed by atoms with Crippen LogP contribution in [0.3, 0.4) is 0 Å². The smallest absolute Gasteiger partial charge is 0.187 e. The number of nitrogens with one attached hydrogen (secondary N) is 1. The van der Waals surface area contributed by atoms with Crippen LogP contribution in [0.25, 0.3) is 0 Å². The molecule has 0 aromatic heterocycles. The van der Waals surface area contributed by atoms with Crippen LogP contribution in [0.15, 0.2) is 42.1 Å². The molecule has 19 heavy (non-hydrogen) atoms. The van der Waals surface area contributed by atoms with E-state index in [1.807, 2.05) is 37.3 Å². The van der Waals surface area contributed by atoms with E-state index >= 15 is 0 Å². The molecule has 1 fully saturated rings. The second kappa shape index (κ2) is 7.13. The molecule has 1 aliphatic carbocycles. The summed E-state index contributed by atoms with van der Waals surface area (Å²) in [6.07, 6.45) is 8.46. The lowest BCUT2D eigenvalue weighted by Gasteiger charge is -2.22. The average molecular weight is 257 g/mol. The summed E-state index contributed by atoms with van der Waals surface area (Å²) in [4.78, 5) is 12.0. The van der Waals surface area contributed by atoms with Gasteiger partial charge in [0.15, 0.2) is 5.78 Å². The van der Waals surface area contributed by atoms with Gasteiger partial charge in [0.2, 0.25) is 0 Å². The molecule has 1 aromatic rings. The minimum atomic E-state index is 0.0780. The molecule has 0 amide bonds. The van der Waals surface area contributed by atoms with E-state index in [4.69, 9.17) is 0 Å². The predicted octanol–water partition coefficient (Wildman–Crippen LogP) is 3.94. The summed E-state index contributed by atoms with van der Waals surface area (Å²) in [5, 5.41) is 3.39. The number of carbonyl (C=O) groups excluding carboxylic acids is 1. The van der Waals surface area contributed by atoms with Crippen molar-refractivity contribution in [3.8, 4) is 0 Å². The Labute approximate surface area is 115 Å². The van der Waals surface area contributed by atoms with Gasteiger partial charge in [-0.25, -0.2) is 0 Å². The van der Waals surface area contributed by atoms with E-state index in [-0.39, 0.29) is 5.78 Å². The van der Waals surface area contributed by atoms with E-state index in [1.54, 1.807) is 6.08 Å². The Kier molecular flexibility index (Phi) is 5.20. The van der Waals surface area contributed by atoms with E-state index in [9.17, 15) is 4.79 Å². The molecule has 1 aromatic carbocycles. The van der Waals surface area contributed by atoms with E-state index in [0.29, 0.717) is 0 Å². The lowest BCUT2D eigenvalue weighted by atomic mass is 9.89. The molecule has 0 spiro atoms. The molecule has 0 saturated heterocycles. The molecule has 0 aliphatic heterocycles. The van der Waals surface area contributed by atoms with Crippen LogP contribution in [-0.2, 0) is 0 Å². The molecule has 0 heterocycles. The van der Waals surface area contributed by atoms with Gasteiger partial charge in [-0.1, -0.05) is 49.6 Å². The summed E-state index contributed by atoms with van der Waals surface area (Å²) in [6, 6.07) is 9.42. The third-order valence-electron chi connectivity index (χ3n) is 3.80. The molecule has 0 bridgehead atoms. The standard InChI is InChI=1S/C17H23NO/c1-14(18-13-15-8-4-2-5-9-15)12-17(19)16-10-6-3-7-11-16/h3,6-7,10-12,15,18H,2,4-5,8-9,13H2,1H3. The molecule has 1 N–H and O–H groups in total. The molecule has 0 atom stereocenters. The van der Waals surface area contributed by atoms with Gasteiger partial charge in [-0.3, -0.25) is 4.79 Å². The van der Waals surface area contributed by atoms with Gasteiger partial charge in [0.1, 0.15) is 0 Å². The van der Waals surface area contributed by atoms with Crippen LogP contribution in [0.4, 0.5) is 0 Å². The third-order valence-corrected chi connectivity index (χ3v) is 3.80. The van der Waals surface area contributed by atoms with Gasteiger partial charge in [0, 0.05) is 23.9 Å². The molecular formula is C17H23NO. The zero-order valence-electron chi connectivity index (χ0n) is 11.7. The lowest BCUT2D eigenvalue weighted by Crippen LogP contribution is -2.23. The fourth-order valence-corrected chi connectivity index (χ4v) is 2.63. The molecule has 1 aliphatic rings. The Morgan fingerprint density at radius 2 is 1.89 bits per heavy atom. The minimum absolute atomic E-state index is 0.0780. The summed E-state index contributed by atoms with van der Waals surface area (Å²) >= 11 is 0. The average Bonchev–Trinajstić information content (AvgIpc) is 2.47. The van der Waals surface area contributed by atoms with Gasteiger partial charge >= 0.3 is 0 Å². The first-order chi connectivity index (χ1) is 9.25. The highest BCUT2D eigenvalue weighted by molar-refractivity contribution is 6.04. The van der Waals surface area contributed by atoms with E-state index in [0.717, 1.165) is 23.7 Å². The first-order valence-corrected chi connectivity index (χ1v) is 7.27. The maximum Gasteiger partial charge on any atom is 0.187 e. The van der Waals surface area contributed by atoms with Crippen LogP contribution < -0.4 is 5.32 Å². The molecule has 2 nitrogen and oxygen atoms in total. The molecule has 0 radical (unpaired) electrons. The zero-order valence-corrected chi connectivity index (χ0v) is 11.7. The Morgan fingerprint density at radius 1 is 1.21 bits per heavy atom. The maximum atomic E-state index is 12.0. The first kappa shape index (κ1) is 13.9. The number of ketones is 1. The van der Waals surface area contributed by atoms with Crippen molar-refractivity contribution in [3.05, 3.63) is 47.7 Å². The Balaban J connectivity index is 1.83. The van der Waals surface area contributed by atoms with Crippen LogP contribution in [0.1, 0.15) is 49.4 Å². The second-order valence-electron chi connectivity index (χ2n) is 5.44. The van der Waals surface area contributed by atoms with Crippen molar-refractivity contribution in [3.63, 3.8) is 0 Å². The summed E-state index contributed by atoms with van der Waals surface area (Å²) in [7, 11) is 0. The van der Waals surface area contributed by atoms with Crippen LogP contribution in [0.5, 0.6) is 0 Å². The molecular weight excluding hydrogens is 234 g/mol. The third kappa shape index (κ3) is 4.55. The largest absolute Gasteiger partial charge is 0.388 e. The highest BCUT2D eigenvalue weighted by Crippen LogP contribution is 2.22. The first-order valence-electron chi connectivity index (χ1n) is 7.27. The Morgan fingerprint density at radius 3 is 2.58 bits per heavy atom. The monoisotopic (exact) mass is 257 g/mol. The maximum absolute atomic E-state index is 12.0. The number of rotatable bonds is 5. The van der Waals surface area contributed by atoms with Crippen LogP contribution >= 0.6 is 0 Å². The molecule has 1 saturated carbocycles. The molecule has 2 rings (SSSR count). The molecule has 0 unspecified atom stereocenters. The van der Waals surface area contributed by atoms with Crippen LogP contribution in [0, 0.1) is 5.92 Å². The number of allylic oxidation sites excluding steroid dienone is 2. The quantitative estimate of drug-likeness (QED) is 0.639. The summed E-state index contributed by atoms with van der Waals surface area (Å²) in [5.41, 5.74) is 1.72. The van der Waals surface area contributed by atoms with Gasteiger partial charge in [0.05, 0.1) is 0 Å². The van der Waals surface area contributed by atoms with Crippen molar-refractivity contribution >= 4 is 5.78 Å². The number of hydrogen-bond acceptors (Lipinski definition) is 2. The van der Waals surface area contributed by atoms with Gasteiger partial charge in [-0.05, 0) is 25.7 Å². The number of hydrogen-bond donors (Lipinski definition) is 1. The highest BCUT2D eigenvalue weighted by atomic mass is 16.1. The van der Waals surface area contributed by atoms with Crippen LogP contribution in [0.2, 0.25) is 0 Å². The zero-order chi connectivity index (χ0) is 13.5. The van der Waals surface area contributed by atoms with Crippen molar-refractivity contribution in [1.82, 2.24) is 5.32 Å². The van der Waals surface area contributed by atoms with Crippen molar-refractivity contribution in [1.29, 1.82) is 0 Å². The number of carbonyl (C=O) groups is 1. The van der Waals surface area contributed by atoms with Gasteiger partial charge in [-0.15, -0.1) is 0 Å². The second-order valence-corrected chi connectivity index (χ2v) is 5.44.